The molecule has 0 aliphatic heterocycles. The van der Waals surface area contributed by atoms with E-state index in [1.807, 2.05) is 30.3 Å². The van der Waals surface area contributed by atoms with Gasteiger partial charge in [-0.15, -0.1) is 0 Å². The standard InChI is InChI=1S/C18H17BrClNO5/c1-25-16(22)9-13(10-21(23)24)17-15(8-7-14(20)18(17)19)26-11-12-5-3-2-4-6-12/h2-8,13H,9-11H2,1H3. The lowest BCUT2D eigenvalue weighted by atomic mass is 9.94. The largest absolute Gasteiger partial charge is 0.489 e. The Bertz CT molecular complexity index is 785. The molecule has 0 N–H and O–H groups in total. The SMILES string of the molecule is COC(=O)CC(C[N+](=O)[O-])c1c(OCc2ccccc2)ccc(Cl)c1Br. The van der Waals surface area contributed by atoms with Gasteiger partial charge in [-0.3, -0.25) is 14.9 Å². The first-order valence-electron chi connectivity index (χ1n) is 7.75. The second-order valence-electron chi connectivity index (χ2n) is 5.54. The van der Waals surface area contributed by atoms with Gasteiger partial charge < -0.3 is 9.47 Å². The third kappa shape index (κ3) is 5.44. The maximum absolute atomic E-state index is 11.7. The number of hydrogen-bond acceptors (Lipinski definition) is 5. The predicted octanol–water partition coefficient (Wildman–Crippen LogP) is 4.60. The van der Waals surface area contributed by atoms with Crippen molar-refractivity contribution in [2.75, 3.05) is 13.7 Å². The lowest BCUT2D eigenvalue weighted by molar-refractivity contribution is -0.483. The summed E-state index contributed by atoms with van der Waals surface area (Å²) in [5, 5.41) is 11.5. The number of carbonyl (C=O) groups is 1. The molecular weight excluding hydrogens is 426 g/mol. The number of methoxy groups -OCH3 is 1. The van der Waals surface area contributed by atoms with Crippen LogP contribution in [-0.4, -0.2) is 24.5 Å². The van der Waals surface area contributed by atoms with Crippen molar-refractivity contribution in [1.82, 2.24) is 0 Å². The van der Waals surface area contributed by atoms with Gasteiger partial charge in [0, 0.05) is 15.0 Å². The van der Waals surface area contributed by atoms with Gasteiger partial charge in [0.15, 0.2) is 0 Å². The zero-order valence-electron chi connectivity index (χ0n) is 14.0. The van der Waals surface area contributed by atoms with Crippen LogP contribution < -0.4 is 4.74 Å². The molecule has 6 nitrogen and oxygen atoms in total. The number of nitrogens with zero attached hydrogens (tertiary/aromatic N) is 1. The molecule has 0 heterocycles. The summed E-state index contributed by atoms with van der Waals surface area (Å²) in [4.78, 5) is 22.4. The Balaban J connectivity index is 2.37. The van der Waals surface area contributed by atoms with E-state index in [0.29, 0.717) is 20.8 Å². The Morgan fingerprint density at radius 3 is 2.58 bits per heavy atom. The average molecular weight is 443 g/mol. The molecule has 8 heteroatoms. The van der Waals surface area contributed by atoms with Crippen LogP contribution in [0.4, 0.5) is 0 Å². The molecule has 26 heavy (non-hydrogen) atoms. The maximum atomic E-state index is 11.7. The minimum absolute atomic E-state index is 0.155. The van der Waals surface area contributed by atoms with Crippen molar-refractivity contribution in [3.8, 4) is 5.75 Å². The van der Waals surface area contributed by atoms with E-state index in [1.165, 1.54) is 7.11 Å². The molecular formula is C18H17BrClNO5. The fourth-order valence-corrected chi connectivity index (χ4v) is 3.33. The van der Waals surface area contributed by atoms with Crippen LogP contribution in [-0.2, 0) is 16.1 Å². The molecule has 2 rings (SSSR count). The highest BCUT2D eigenvalue weighted by molar-refractivity contribution is 9.10. The van der Waals surface area contributed by atoms with Gasteiger partial charge >= 0.3 is 5.97 Å². The highest BCUT2D eigenvalue weighted by Gasteiger charge is 2.28. The van der Waals surface area contributed by atoms with E-state index in [4.69, 9.17) is 16.3 Å². The second kappa shape index (κ2) is 9.54. The predicted molar refractivity (Wildman–Crippen MR) is 101 cm³/mol. The number of nitro groups is 1. The van der Waals surface area contributed by atoms with Gasteiger partial charge in [-0.05, 0) is 33.6 Å². The van der Waals surface area contributed by atoms with Crippen molar-refractivity contribution in [2.45, 2.75) is 18.9 Å². The first-order chi connectivity index (χ1) is 12.4. The van der Waals surface area contributed by atoms with Crippen molar-refractivity contribution in [2.24, 2.45) is 0 Å². The molecule has 0 aliphatic rings. The van der Waals surface area contributed by atoms with Gasteiger partial charge in [-0.1, -0.05) is 41.9 Å². The van der Waals surface area contributed by atoms with Crippen LogP contribution in [0.1, 0.15) is 23.5 Å². The molecule has 0 spiro atoms. The highest BCUT2D eigenvalue weighted by atomic mass is 79.9. The molecule has 2 aromatic carbocycles. The van der Waals surface area contributed by atoms with Crippen LogP contribution in [0.25, 0.3) is 0 Å². The van der Waals surface area contributed by atoms with E-state index in [-0.39, 0.29) is 13.0 Å². The van der Waals surface area contributed by atoms with Crippen LogP contribution in [0.3, 0.4) is 0 Å². The van der Waals surface area contributed by atoms with Crippen molar-refractivity contribution in [1.29, 1.82) is 0 Å². The summed E-state index contributed by atoms with van der Waals surface area (Å²) in [7, 11) is 1.24. The molecule has 1 atom stereocenters. The van der Waals surface area contributed by atoms with Crippen LogP contribution in [0.2, 0.25) is 5.02 Å². The molecule has 0 saturated heterocycles. The Morgan fingerprint density at radius 2 is 1.96 bits per heavy atom. The zero-order chi connectivity index (χ0) is 19.1. The minimum atomic E-state index is -0.740. The van der Waals surface area contributed by atoms with E-state index >= 15 is 0 Å². The van der Waals surface area contributed by atoms with Crippen LogP contribution in [0.15, 0.2) is 46.9 Å². The quantitative estimate of drug-likeness (QED) is 0.339. The lowest BCUT2D eigenvalue weighted by Crippen LogP contribution is -2.18. The molecule has 0 aliphatic carbocycles. The normalized spacial score (nSPS) is 11.7. The Hall–Kier alpha value is -2.12. The monoisotopic (exact) mass is 441 g/mol. The van der Waals surface area contributed by atoms with Gasteiger partial charge in [0.1, 0.15) is 12.4 Å². The van der Waals surface area contributed by atoms with Crippen molar-refractivity contribution < 1.29 is 19.2 Å². The third-order valence-corrected chi connectivity index (χ3v) is 5.15. The van der Waals surface area contributed by atoms with Gasteiger partial charge in [0.25, 0.3) is 0 Å². The van der Waals surface area contributed by atoms with E-state index in [9.17, 15) is 14.9 Å². The van der Waals surface area contributed by atoms with E-state index in [1.54, 1.807) is 12.1 Å². The van der Waals surface area contributed by atoms with Crippen molar-refractivity contribution >= 4 is 33.5 Å². The number of halogens is 2. The molecule has 0 aromatic heterocycles. The summed E-state index contributed by atoms with van der Waals surface area (Å²) in [5.41, 5.74) is 1.43. The van der Waals surface area contributed by atoms with E-state index < -0.39 is 23.4 Å². The number of carbonyl (C=O) groups excluding carboxylic acids is 1. The summed E-state index contributed by atoms with van der Waals surface area (Å²) in [5.74, 6) is -0.852. The Kier molecular flexibility index (Phi) is 7.41. The second-order valence-corrected chi connectivity index (χ2v) is 6.74. The molecule has 0 fully saturated rings. The molecule has 1 unspecified atom stereocenters. The molecule has 2 aromatic rings. The fourth-order valence-electron chi connectivity index (χ4n) is 2.51. The van der Waals surface area contributed by atoms with Gasteiger partial charge in [0.05, 0.1) is 24.5 Å². The number of hydrogen-bond donors (Lipinski definition) is 0. The maximum Gasteiger partial charge on any atom is 0.306 e. The average Bonchev–Trinajstić information content (AvgIpc) is 2.62. The van der Waals surface area contributed by atoms with Crippen LogP contribution >= 0.6 is 27.5 Å². The fraction of sp³-hybridized carbons (Fsp3) is 0.278. The molecule has 138 valence electrons. The Labute approximate surface area is 164 Å². The molecule has 0 radical (unpaired) electrons. The summed E-state index contributed by atoms with van der Waals surface area (Å²) in [6.07, 6.45) is -0.155. The summed E-state index contributed by atoms with van der Waals surface area (Å²) >= 11 is 9.54. The smallest absolute Gasteiger partial charge is 0.306 e. The topological polar surface area (TPSA) is 78.7 Å². The molecule has 0 saturated carbocycles. The van der Waals surface area contributed by atoms with Gasteiger partial charge in [-0.2, -0.15) is 0 Å². The highest BCUT2D eigenvalue weighted by Crippen LogP contribution is 2.40. The van der Waals surface area contributed by atoms with E-state index in [0.717, 1.165) is 5.56 Å². The Morgan fingerprint density at radius 1 is 1.27 bits per heavy atom. The van der Waals surface area contributed by atoms with Crippen molar-refractivity contribution in [3.63, 3.8) is 0 Å². The minimum Gasteiger partial charge on any atom is -0.489 e. The van der Waals surface area contributed by atoms with Gasteiger partial charge in [0.2, 0.25) is 6.54 Å². The summed E-state index contributed by atoms with van der Waals surface area (Å²) in [6.45, 7) is -0.166. The molecule has 0 amide bonds. The zero-order valence-corrected chi connectivity index (χ0v) is 16.3. The molecule has 0 bridgehead atoms. The first kappa shape index (κ1) is 20.2. The number of ether oxygens (including phenoxy) is 2. The van der Waals surface area contributed by atoms with E-state index in [2.05, 4.69) is 20.7 Å². The van der Waals surface area contributed by atoms with Crippen LogP contribution in [0.5, 0.6) is 5.75 Å². The first-order valence-corrected chi connectivity index (χ1v) is 8.92. The lowest BCUT2D eigenvalue weighted by Gasteiger charge is -2.19. The van der Waals surface area contributed by atoms with Gasteiger partial charge in [-0.25, -0.2) is 0 Å². The van der Waals surface area contributed by atoms with Crippen molar-refractivity contribution in [3.05, 3.63) is 73.2 Å². The summed E-state index contributed by atoms with van der Waals surface area (Å²) < 4.78 is 11.0. The number of benzene rings is 2. The van der Waals surface area contributed by atoms with Crippen LogP contribution in [0, 0.1) is 10.1 Å². The number of rotatable bonds is 8. The number of esters is 1. The summed E-state index contributed by atoms with van der Waals surface area (Å²) in [6, 6.07) is 12.8. The third-order valence-electron chi connectivity index (χ3n) is 3.75.